The quantitative estimate of drug-likeness (QED) is 0.224. The molecule has 4 aliphatic rings. The lowest BCUT2D eigenvalue weighted by Gasteiger charge is -2.32. The summed E-state index contributed by atoms with van der Waals surface area (Å²) in [6.45, 7) is 0. The van der Waals surface area contributed by atoms with Crippen molar-refractivity contribution in [3.05, 3.63) is 173 Å². The standard InChI is InChI=1S/C41H28N4/c1-3-11-27(12-4-1)39-42-40(28-13-5-2-6-14-28)44-41(43-39)32-18-10-20-34-37(32)31-24-23-26-22-21-25-15-9-17-30-29-16-7-8-19-33(29)45(34)38(31)36(26)35(25)30/h1-25,35,41H,(H,42,43,44). The molecule has 212 valence electrons. The summed E-state index contributed by atoms with van der Waals surface area (Å²) >= 11 is 0. The van der Waals surface area contributed by atoms with E-state index in [0.717, 1.165) is 28.4 Å². The average molecular weight is 577 g/mol. The Hall–Kier alpha value is -5.74. The molecule has 0 saturated heterocycles. The third kappa shape index (κ3) is 3.54. The van der Waals surface area contributed by atoms with Crippen molar-refractivity contribution in [3.63, 3.8) is 0 Å². The molecule has 10 rings (SSSR count). The molecule has 4 nitrogen and oxygen atoms in total. The van der Waals surface area contributed by atoms with Gasteiger partial charge < -0.3 is 9.88 Å². The summed E-state index contributed by atoms with van der Waals surface area (Å²) < 4.78 is 2.52. The Morgan fingerprint density at radius 1 is 0.711 bits per heavy atom. The number of hydrogen-bond donors (Lipinski definition) is 1. The SMILES string of the molecule is C1=CC2C=Cc3ccc4c5c(C6N=C(c7ccccc7)N=C(c7ccccc7)N6)cccc5n5c4c3C2C(=C1)c1ccccc1-5. The van der Waals surface area contributed by atoms with Crippen molar-refractivity contribution in [2.75, 3.05) is 0 Å². The normalized spacial score (nSPS) is 20.6. The number of rotatable bonds is 3. The maximum absolute atomic E-state index is 5.28. The van der Waals surface area contributed by atoms with Crippen LogP contribution in [0, 0.1) is 5.92 Å². The van der Waals surface area contributed by atoms with Crippen LogP contribution in [0.5, 0.6) is 0 Å². The Balaban J connectivity index is 1.27. The minimum Gasteiger partial charge on any atom is -0.344 e. The first-order valence-electron chi connectivity index (χ1n) is 15.6. The Bertz CT molecular complexity index is 2350. The molecule has 45 heavy (non-hydrogen) atoms. The minimum absolute atomic E-state index is 0.279. The summed E-state index contributed by atoms with van der Waals surface area (Å²) in [7, 11) is 0. The molecule has 0 fully saturated rings. The van der Waals surface area contributed by atoms with Gasteiger partial charge in [-0.3, -0.25) is 0 Å². The number of nitrogens with zero attached hydrogens (tertiary/aromatic N) is 3. The molecule has 0 saturated carbocycles. The second-order valence-electron chi connectivity index (χ2n) is 12.2. The minimum atomic E-state index is -0.314. The first-order valence-corrected chi connectivity index (χ1v) is 15.6. The Kier molecular flexibility index (Phi) is 5.14. The zero-order chi connectivity index (χ0) is 29.5. The third-order valence-electron chi connectivity index (χ3n) is 9.77. The lowest BCUT2D eigenvalue weighted by atomic mass is 9.71. The topological polar surface area (TPSA) is 41.7 Å². The van der Waals surface area contributed by atoms with E-state index in [0.29, 0.717) is 5.92 Å². The van der Waals surface area contributed by atoms with Gasteiger partial charge in [-0.25, -0.2) is 9.98 Å². The lowest BCUT2D eigenvalue weighted by Crippen LogP contribution is -2.33. The fourth-order valence-electron chi connectivity index (χ4n) is 7.86. The summed E-state index contributed by atoms with van der Waals surface area (Å²) in [5.41, 5.74) is 12.4. The number of fused-ring (bicyclic) bond motifs is 6. The molecular formula is C41H28N4. The molecule has 0 radical (unpaired) electrons. The molecule has 3 atom stereocenters. The van der Waals surface area contributed by atoms with Crippen LogP contribution in [-0.2, 0) is 0 Å². The maximum Gasteiger partial charge on any atom is 0.159 e. The predicted octanol–water partition coefficient (Wildman–Crippen LogP) is 8.97. The zero-order valence-electron chi connectivity index (χ0n) is 24.4. The molecule has 5 aromatic carbocycles. The van der Waals surface area contributed by atoms with Gasteiger partial charge in [-0.2, -0.15) is 0 Å². The van der Waals surface area contributed by atoms with Gasteiger partial charge in [-0.1, -0.05) is 134 Å². The van der Waals surface area contributed by atoms with E-state index in [2.05, 4.69) is 131 Å². The summed E-state index contributed by atoms with van der Waals surface area (Å²) in [6.07, 6.45) is 11.3. The van der Waals surface area contributed by atoms with Crippen LogP contribution >= 0.6 is 0 Å². The highest BCUT2D eigenvalue weighted by Gasteiger charge is 2.37. The summed E-state index contributed by atoms with van der Waals surface area (Å²) in [4.78, 5) is 10.3. The molecule has 3 unspecified atom stereocenters. The number of nitrogens with one attached hydrogen (secondary N) is 1. The van der Waals surface area contributed by atoms with E-state index in [1.807, 2.05) is 24.3 Å². The largest absolute Gasteiger partial charge is 0.344 e. The Labute approximate surface area is 261 Å². The highest BCUT2D eigenvalue weighted by Crippen LogP contribution is 2.54. The van der Waals surface area contributed by atoms with E-state index in [1.54, 1.807) is 0 Å². The molecule has 6 aromatic rings. The van der Waals surface area contributed by atoms with E-state index in [1.165, 1.54) is 49.8 Å². The monoisotopic (exact) mass is 576 g/mol. The summed E-state index contributed by atoms with van der Waals surface area (Å²) in [5, 5.41) is 6.23. The molecule has 0 bridgehead atoms. The van der Waals surface area contributed by atoms with Gasteiger partial charge in [0.2, 0.25) is 0 Å². The predicted molar refractivity (Wildman–Crippen MR) is 185 cm³/mol. The van der Waals surface area contributed by atoms with E-state index >= 15 is 0 Å². The highest BCUT2D eigenvalue weighted by atomic mass is 15.2. The number of benzene rings is 5. The van der Waals surface area contributed by atoms with Gasteiger partial charge in [-0.05, 0) is 28.8 Å². The van der Waals surface area contributed by atoms with Crippen LogP contribution in [0.3, 0.4) is 0 Å². The van der Waals surface area contributed by atoms with Gasteiger partial charge in [0.25, 0.3) is 0 Å². The number of allylic oxidation sites excluding steroid dienone is 5. The van der Waals surface area contributed by atoms with Crippen molar-refractivity contribution in [1.29, 1.82) is 0 Å². The van der Waals surface area contributed by atoms with Crippen molar-refractivity contribution >= 4 is 45.1 Å². The second-order valence-corrected chi connectivity index (χ2v) is 12.2. The van der Waals surface area contributed by atoms with E-state index in [4.69, 9.17) is 9.98 Å². The van der Waals surface area contributed by atoms with Crippen LogP contribution in [0.25, 0.3) is 39.1 Å². The van der Waals surface area contributed by atoms with Gasteiger partial charge >= 0.3 is 0 Å². The van der Waals surface area contributed by atoms with Gasteiger partial charge in [0, 0.05) is 44.9 Å². The number of hydrogen-bond acceptors (Lipinski definition) is 3. The van der Waals surface area contributed by atoms with Gasteiger partial charge in [0.1, 0.15) is 12.0 Å². The van der Waals surface area contributed by atoms with Crippen LogP contribution in [-0.4, -0.2) is 16.2 Å². The highest BCUT2D eigenvalue weighted by molar-refractivity contribution is 6.16. The van der Waals surface area contributed by atoms with Gasteiger partial charge in [0.15, 0.2) is 5.84 Å². The molecule has 0 amide bonds. The van der Waals surface area contributed by atoms with Crippen molar-refractivity contribution in [2.24, 2.45) is 15.9 Å². The molecular weight excluding hydrogens is 548 g/mol. The van der Waals surface area contributed by atoms with Gasteiger partial charge in [0.05, 0.1) is 16.7 Å². The number of amidine groups is 2. The average Bonchev–Trinajstić information content (AvgIpc) is 3.39. The van der Waals surface area contributed by atoms with Crippen molar-refractivity contribution in [1.82, 2.24) is 9.88 Å². The van der Waals surface area contributed by atoms with Crippen molar-refractivity contribution in [2.45, 2.75) is 12.1 Å². The Morgan fingerprint density at radius 2 is 1.51 bits per heavy atom. The van der Waals surface area contributed by atoms with Crippen LogP contribution < -0.4 is 5.32 Å². The first-order chi connectivity index (χ1) is 22.3. The zero-order valence-corrected chi connectivity index (χ0v) is 24.4. The Morgan fingerprint density at radius 3 is 2.38 bits per heavy atom. The molecule has 2 aliphatic carbocycles. The first kappa shape index (κ1) is 24.7. The van der Waals surface area contributed by atoms with E-state index in [-0.39, 0.29) is 12.1 Å². The van der Waals surface area contributed by atoms with Crippen LogP contribution in [0.15, 0.2) is 150 Å². The molecule has 4 heteroatoms. The molecule has 0 spiro atoms. The van der Waals surface area contributed by atoms with Crippen molar-refractivity contribution < 1.29 is 0 Å². The molecule has 1 N–H and O–H groups in total. The van der Waals surface area contributed by atoms with E-state index in [9.17, 15) is 0 Å². The van der Waals surface area contributed by atoms with E-state index < -0.39 is 0 Å². The second kappa shape index (κ2) is 9.38. The summed E-state index contributed by atoms with van der Waals surface area (Å²) in [6, 6.07) is 40.9. The molecule has 3 heterocycles. The van der Waals surface area contributed by atoms with Crippen molar-refractivity contribution in [3.8, 4) is 5.69 Å². The van der Waals surface area contributed by atoms with Crippen LogP contribution in [0.4, 0.5) is 0 Å². The number of para-hydroxylation sites is 1. The smallest absolute Gasteiger partial charge is 0.159 e. The molecule has 1 aromatic heterocycles. The number of aromatic nitrogens is 1. The third-order valence-corrected chi connectivity index (χ3v) is 9.77. The summed E-state index contributed by atoms with van der Waals surface area (Å²) in [5.74, 6) is 2.18. The van der Waals surface area contributed by atoms with Gasteiger partial charge in [-0.15, -0.1) is 0 Å². The fraction of sp³-hybridized carbons (Fsp3) is 0.0732. The number of aliphatic imine (C=N–C) groups is 2. The lowest BCUT2D eigenvalue weighted by molar-refractivity contribution is 0.680. The fourth-order valence-corrected chi connectivity index (χ4v) is 7.86. The van der Waals surface area contributed by atoms with Crippen LogP contribution in [0.1, 0.15) is 45.5 Å². The van der Waals surface area contributed by atoms with Crippen LogP contribution in [0.2, 0.25) is 0 Å². The maximum atomic E-state index is 5.28. The molecule has 2 aliphatic heterocycles.